The second kappa shape index (κ2) is 10.7. The molecule has 0 aliphatic carbocycles. The quantitative estimate of drug-likeness (QED) is 0.333. The number of amides is 2. The Kier molecular flexibility index (Phi) is 7.05. The van der Waals surface area contributed by atoms with Crippen LogP contribution < -0.4 is 15.5 Å². The summed E-state index contributed by atoms with van der Waals surface area (Å²) >= 11 is 0. The van der Waals surface area contributed by atoms with Gasteiger partial charge in [-0.2, -0.15) is 0 Å². The Morgan fingerprint density at radius 2 is 1.46 bits per heavy atom. The number of phenols is 1. The number of hydrogen-bond donors (Lipinski definition) is 3. The molecule has 7 nitrogen and oxygen atoms in total. The van der Waals surface area contributed by atoms with Crippen LogP contribution in [0.3, 0.4) is 0 Å². The molecule has 4 aromatic rings. The van der Waals surface area contributed by atoms with E-state index in [1.807, 2.05) is 48.5 Å². The summed E-state index contributed by atoms with van der Waals surface area (Å²) in [7, 11) is 2.13. The third-order valence-corrected chi connectivity index (χ3v) is 6.75. The van der Waals surface area contributed by atoms with Crippen LogP contribution >= 0.6 is 0 Å². The molecule has 2 amide bonds. The standard InChI is InChI=1S/C30H30N4O3/c1-33-16-5-17-34(19-18-33)25-14-12-22(13-15-25)29(36)32-28-26(8-4-9-27(28)35)31-30(37)24-11-10-21-6-2-3-7-23(21)20-24/h2-4,6-15,20,35H,5,16-19H2,1H3,(H,31,37)(H,32,36). The molecule has 1 fully saturated rings. The number of likely N-dealkylation sites (N-methyl/N-ethyl adjacent to an activating group) is 1. The fraction of sp³-hybridized carbons (Fsp3) is 0.200. The molecule has 7 heteroatoms. The minimum absolute atomic E-state index is 0.130. The second-order valence-electron chi connectivity index (χ2n) is 9.36. The molecule has 37 heavy (non-hydrogen) atoms. The van der Waals surface area contributed by atoms with E-state index in [1.54, 1.807) is 30.3 Å². The summed E-state index contributed by atoms with van der Waals surface area (Å²) in [6.07, 6.45) is 1.10. The molecule has 1 saturated heterocycles. The molecule has 0 unspecified atom stereocenters. The highest BCUT2D eigenvalue weighted by molar-refractivity contribution is 6.11. The van der Waals surface area contributed by atoms with Gasteiger partial charge in [0, 0.05) is 36.4 Å². The first-order chi connectivity index (χ1) is 18.0. The van der Waals surface area contributed by atoms with E-state index in [2.05, 4.69) is 27.5 Å². The molecular formula is C30H30N4O3. The van der Waals surface area contributed by atoms with Crippen molar-refractivity contribution in [1.82, 2.24) is 4.90 Å². The van der Waals surface area contributed by atoms with Gasteiger partial charge in [0.2, 0.25) is 0 Å². The van der Waals surface area contributed by atoms with Crippen molar-refractivity contribution < 1.29 is 14.7 Å². The SMILES string of the molecule is CN1CCCN(c2ccc(C(=O)Nc3c(O)cccc3NC(=O)c3ccc4ccccc4c3)cc2)CC1. The van der Waals surface area contributed by atoms with Gasteiger partial charge in [0.15, 0.2) is 0 Å². The molecule has 0 radical (unpaired) electrons. The van der Waals surface area contributed by atoms with Crippen LogP contribution in [0.4, 0.5) is 17.1 Å². The minimum atomic E-state index is -0.371. The fourth-order valence-corrected chi connectivity index (χ4v) is 4.61. The van der Waals surface area contributed by atoms with Crippen LogP contribution in [-0.2, 0) is 0 Å². The van der Waals surface area contributed by atoms with Gasteiger partial charge in [-0.15, -0.1) is 0 Å². The summed E-state index contributed by atoms with van der Waals surface area (Å²) in [5, 5.41) is 18.1. The number of phenolic OH excluding ortho intramolecular Hbond substituents is 1. The number of aromatic hydroxyl groups is 1. The van der Waals surface area contributed by atoms with Gasteiger partial charge in [-0.25, -0.2) is 0 Å². The number of carbonyl (C=O) groups excluding carboxylic acids is 2. The lowest BCUT2D eigenvalue weighted by molar-refractivity contribution is 0.101. The molecule has 0 spiro atoms. The predicted molar refractivity (Wildman–Crippen MR) is 149 cm³/mol. The highest BCUT2D eigenvalue weighted by atomic mass is 16.3. The first-order valence-electron chi connectivity index (χ1n) is 12.4. The Morgan fingerprint density at radius 1 is 0.730 bits per heavy atom. The monoisotopic (exact) mass is 494 g/mol. The highest BCUT2D eigenvalue weighted by Crippen LogP contribution is 2.32. The average Bonchev–Trinajstić information content (AvgIpc) is 3.14. The van der Waals surface area contributed by atoms with Gasteiger partial charge in [-0.3, -0.25) is 9.59 Å². The summed E-state index contributed by atoms with van der Waals surface area (Å²) in [5.41, 5.74) is 2.50. The number of rotatable bonds is 5. The summed E-state index contributed by atoms with van der Waals surface area (Å²) in [4.78, 5) is 30.7. The minimum Gasteiger partial charge on any atom is -0.506 e. The van der Waals surface area contributed by atoms with E-state index in [9.17, 15) is 14.7 Å². The van der Waals surface area contributed by atoms with Crippen molar-refractivity contribution in [2.24, 2.45) is 0 Å². The van der Waals surface area contributed by atoms with E-state index < -0.39 is 0 Å². The zero-order valence-electron chi connectivity index (χ0n) is 20.8. The van der Waals surface area contributed by atoms with Crippen molar-refractivity contribution in [2.75, 3.05) is 48.8 Å². The van der Waals surface area contributed by atoms with Crippen LogP contribution in [0.15, 0.2) is 84.9 Å². The lowest BCUT2D eigenvalue weighted by Gasteiger charge is -2.23. The van der Waals surface area contributed by atoms with Gasteiger partial charge < -0.3 is 25.5 Å². The van der Waals surface area contributed by atoms with Crippen molar-refractivity contribution in [3.05, 3.63) is 96.1 Å². The first kappa shape index (κ1) is 24.3. The molecule has 1 aliphatic heterocycles. The molecule has 0 atom stereocenters. The van der Waals surface area contributed by atoms with Crippen molar-refractivity contribution in [1.29, 1.82) is 0 Å². The summed E-state index contributed by atoms with van der Waals surface area (Å²) in [6, 6.07) is 25.5. The molecule has 0 saturated carbocycles. The van der Waals surface area contributed by atoms with Crippen molar-refractivity contribution in [3.8, 4) is 5.75 Å². The Bertz CT molecular complexity index is 1430. The molecule has 4 aromatic carbocycles. The molecule has 188 valence electrons. The van der Waals surface area contributed by atoms with Gasteiger partial charge in [-0.05, 0) is 79.3 Å². The van der Waals surface area contributed by atoms with Gasteiger partial charge in [-0.1, -0.05) is 36.4 Å². The average molecular weight is 495 g/mol. The maximum Gasteiger partial charge on any atom is 0.255 e. The molecule has 5 rings (SSSR count). The van der Waals surface area contributed by atoms with Crippen LogP contribution in [0.2, 0.25) is 0 Å². The third-order valence-electron chi connectivity index (χ3n) is 6.75. The van der Waals surface area contributed by atoms with E-state index in [1.165, 1.54) is 6.07 Å². The Morgan fingerprint density at radius 3 is 2.27 bits per heavy atom. The smallest absolute Gasteiger partial charge is 0.255 e. The maximum atomic E-state index is 13.1. The topological polar surface area (TPSA) is 84.9 Å². The normalized spacial score (nSPS) is 14.2. The van der Waals surface area contributed by atoms with Crippen molar-refractivity contribution in [2.45, 2.75) is 6.42 Å². The molecular weight excluding hydrogens is 464 g/mol. The molecule has 0 bridgehead atoms. The molecule has 3 N–H and O–H groups in total. The van der Waals surface area contributed by atoms with Crippen LogP contribution in [0.25, 0.3) is 10.8 Å². The predicted octanol–water partition coefficient (Wildman–Crippen LogP) is 5.19. The molecule has 0 aromatic heterocycles. The number of para-hydroxylation sites is 1. The lowest BCUT2D eigenvalue weighted by Crippen LogP contribution is -2.28. The lowest BCUT2D eigenvalue weighted by atomic mass is 10.1. The number of benzene rings is 4. The van der Waals surface area contributed by atoms with E-state index >= 15 is 0 Å². The Hall–Kier alpha value is -4.36. The van der Waals surface area contributed by atoms with Crippen molar-refractivity contribution in [3.63, 3.8) is 0 Å². The summed E-state index contributed by atoms with van der Waals surface area (Å²) in [5.74, 6) is -0.834. The maximum absolute atomic E-state index is 13.1. The van der Waals surface area contributed by atoms with Crippen LogP contribution in [0.5, 0.6) is 5.75 Å². The van der Waals surface area contributed by atoms with Crippen LogP contribution in [0, 0.1) is 0 Å². The van der Waals surface area contributed by atoms with Gasteiger partial charge in [0.05, 0.1) is 5.69 Å². The number of carbonyl (C=O) groups is 2. The van der Waals surface area contributed by atoms with Gasteiger partial charge >= 0.3 is 0 Å². The zero-order chi connectivity index (χ0) is 25.8. The van der Waals surface area contributed by atoms with E-state index in [0.717, 1.165) is 49.1 Å². The molecule has 1 aliphatic rings. The third kappa shape index (κ3) is 5.57. The van der Waals surface area contributed by atoms with Crippen molar-refractivity contribution >= 4 is 39.6 Å². The second-order valence-corrected chi connectivity index (χ2v) is 9.36. The number of hydrogen-bond acceptors (Lipinski definition) is 5. The number of anilines is 3. The number of nitrogens with one attached hydrogen (secondary N) is 2. The largest absolute Gasteiger partial charge is 0.506 e. The molecule has 1 heterocycles. The Balaban J connectivity index is 1.31. The van der Waals surface area contributed by atoms with Gasteiger partial charge in [0.1, 0.15) is 11.4 Å². The van der Waals surface area contributed by atoms with Crippen LogP contribution in [0.1, 0.15) is 27.1 Å². The summed E-state index contributed by atoms with van der Waals surface area (Å²) < 4.78 is 0. The van der Waals surface area contributed by atoms with E-state index in [4.69, 9.17) is 0 Å². The Labute approximate surface area is 216 Å². The summed E-state index contributed by atoms with van der Waals surface area (Å²) in [6.45, 7) is 4.01. The first-order valence-corrected chi connectivity index (χ1v) is 12.4. The van der Waals surface area contributed by atoms with E-state index in [0.29, 0.717) is 16.8 Å². The number of nitrogens with zero attached hydrogens (tertiary/aromatic N) is 2. The highest BCUT2D eigenvalue weighted by Gasteiger charge is 2.17. The van der Waals surface area contributed by atoms with Gasteiger partial charge in [0.25, 0.3) is 11.8 Å². The zero-order valence-corrected chi connectivity index (χ0v) is 20.8. The fourth-order valence-electron chi connectivity index (χ4n) is 4.61. The number of fused-ring (bicyclic) bond motifs is 1. The van der Waals surface area contributed by atoms with E-state index in [-0.39, 0.29) is 23.3 Å². The van der Waals surface area contributed by atoms with Crippen LogP contribution in [-0.4, -0.2) is 55.0 Å².